The molecule has 0 aromatic heterocycles. The molecule has 3 aliphatic rings. The number of carbonyl (C=O) groups excluding carboxylic acids is 1. The maximum atomic E-state index is 13.7. The zero-order valence-corrected chi connectivity index (χ0v) is 22.8. The highest BCUT2D eigenvalue weighted by molar-refractivity contribution is 6.07. The molecule has 8 heteroatoms. The van der Waals surface area contributed by atoms with Crippen molar-refractivity contribution in [3.05, 3.63) is 112 Å². The third-order valence-electron chi connectivity index (χ3n) is 8.95. The average Bonchev–Trinajstić information content (AvgIpc) is 3.65. The van der Waals surface area contributed by atoms with Crippen molar-refractivity contribution in [1.82, 2.24) is 4.90 Å². The highest BCUT2D eigenvalue weighted by Crippen LogP contribution is 2.58. The third-order valence-corrected chi connectivity index (χ3v) is 8.95. The molecule has 2 saturated heterocycles. The predicted octanol–water partition coefficient (Wildman–Crippen LogP) is 5.87. The van der Waals surface area contributed by atoms with Crippen molar-refractivity contribution >= 4 is 22.4 Å². The molecule has 3 aliphatic heterocycles. The van der Waals surface area contributed by atoms with Gasteiger partial charge in [0, 0.05) is 28.8 Å². The number of nitrogens with zero attached hydrogens (tertiary/aromatic N) is 2. The summed E-state index contributed by atoms with van der Waals surface area (Å²) in [6.45, 7) is 3.33. The number of ether oxygens (including phenoxy) is 2. The molecule has 0 bridgehead atoms. The lowest BCUT2D eigenvalue weighted by molar-refractivity contribution is -0.534. The van der Waals surface area contributed by atoms with Crippen LogP contribution in [0.2, 0.25) is 0 Å². The normalized spacial score (nSPS) is 24.8. The maximum absolute atomic E-state index is 13.7. The van der Waals surface area contributed by atoms with Gasteiger partial charge in [0.1, 0.15) is 6.61 Å². The van der Waals surface area contributed by atoms with Crippen LogP contribution >= 0.6 is 0 Å². The van der Waals surface area contributed by atoms with E-state index in [9.17, 15) is 14.9 Å². The number of para-hydroxylation sites is 1. The second-order valence-electron chi connectivity index (χ2n) is 11.0. The van der Waals surface area contributed by atoms with E-state index in [2.05, 4.69) is 40.5 Å². The summed E-state index contributed by atoms with van der Waals surface area (Å²) in [4.78, 5) is 28.5. The first kappa shape index (κ1) is 25.5. The van der Waals surface area contributed by atoms with Crippen LogP contribution in [0.5, 0.6) is 11.5 Å². The van der Waals surface area contributed by atoms with Gasteiger partial charge in [0.05, 0.1) is 12.5 Å². The maximum Gasteiger partial charge on any atom is 0.256 e. The Morgan fingerprint density at radius 1 is 0.976 bits per heavy atom. The predicted molar refractivity (Wildman–Crippen MR) is 156 cm³/mol. The fourth-order valence-corrected chi connectivity index (χ4v) is 7.38. The van der Waals surface area contributed by atoms with Crippen LogP contribution in [0.3, 0.4) is 0 Å². The average molecular weight is 550 g/mol. The van der Waals surface area contributed by atoms with Crippen molar-refractivity contribution < 1.29 is 19.2 Å². The highest BCUT2D eigenvalue weighted by Gasteiger charge is 2.73. The SMILES string of the molecule is CCOc1cc([C@@H]2[C@@H]3CCCN3[C@]3(C(=O)Nc4ccccc43)[C@@H]2[N+](=O)[O-])ccc1OCc1ccc2ccccc2c1. The second kappa shape index (κ2) is 9.89. The van der Waals surface area contributed by atoms with E-state index in [1.54, 1.807) is 0 Å². The zero-order chi connectivity index (χ0) is 28.1. The molecule has 1 amide bonds. The Morgan fingerprint density at radius 2 is 1.78 bits per heavy atom. The second-order valence-corrected chi connectivity index (χ2v) is 11.0. The van der Waals surface area contributed by atoms with Crippen LogP contribution in [0.4, 0.5) is 5.69 Å². The molecule has 0 aliphatic carbocycles. The summed E-state index contributed by atoms with van der Waals surface area (Å²) in [5, 5.41) is 18.2. The smallest absolute Gasteiger partial charge is 0.256 e. The molecule has 1 N–H and O–H groups in total. The number of benzene rings is 4. The summed E-state index contributed by atoms with van der Waals surface area (Å²) >= 11 is 0. The molecular formula is C33H31N3O5. The summed E-state index contributed by atoms with van der Waals surface area (Å²) < 4.78 is 12.2. The number of fused-ring (bicyclic) bond motifs is 5. The van der Waals surface area contributed by atoms with Gasteiger partial charge in [0.25, 0.3) is 11.9 Å². The minimum Gasteiger partial charge on any atom is -0.490 e. The van der Waals surface area contributed by atoms with Crippen molar-refractivity contribution in [3.63, 3.8) is 0 Å². The summed E-state index contributed by atoms with van der Waals surface area (Å²) in [5.41, 5.74) is 1.83. The van der Waals surface area contributed by atoms with Gasteiger partial charge < -0.3 is 14.8 Å². The molecule has 4 atom stereocenters. The minimum absolute atomic E-state index is 0.138. The molecule has 1 spiro atoms. The minimum atomic E-state index is -1.34. The van der Waals surface area contributed by atoms with Crippen molar-refractivity contribution in [2.45, 2.75) is 49.9 Å². The Balaban J connectivity index is 1.25. The fourth-order valence-electron chi connectivity index (χ4n) is 7.38. The van der Waals surface area contributed by atoms with Gasteiger partial charge in [-0.25, -0.2) is 0 Å². The molecule has 8 nitrogen and oxygen atoms in total. The van der Waals surface area contributed by atoms with Gasteiger partial charge in [-0.1, -0.05) is 60.7 Å². The number of amides is 1. The first-order valence-corrected chi connectivity index (χ1v) is 14.2. The molecule has 208 valence electrons. The number of hydrogen-bond acceptors (Lipinski definition) is 6. The van der Waals surface area contributed by atoms with E-state index in [-0.39, 0.29) is 16.9 Å². The molecule has 3 heterocycles. The van der Waals surface area contributed by atoms with Gasteiger partial charge in [-0.2, -0.15) is 0 Å². The van der Waals surface area contributed by atoms with Gasteiger partial charge >= 0.3 is 0 Å². The topological polar surface area (TPSA) is 93.9 Å². The molecule has 2 fully saturated rings. The van der Waals surface area contributed by atoms with E-state index >= 15 is 0 Å². The largest absolute Gasteiger partial charge is 0.490 e. The molecular weight excluding hydrogens is 518 g/mol. The Kier molecular flexibility index (Phi) is 6.16. The monoisotopic (exact) mass is 549 g/mol. The summed E-state index contributed by atoms with van der Waals surface area (Å²) in [7, 11) is 0. The first-order valence-electron chi connectivity index (χ1n) is 14.2. The van der Waals surface area contributed by atoms with Crippen LogP contribution in [-0.4, -0.2) is 41.0 Å². The Hall–Kier alpha value is -4.43. The van der Waals surface area contributed by atoms with Gasteiger partial charge in [-0.3, -0.25) is 19.8 Å². The van der Waals surface area contributed by atoms with E-state index in [4.69, 9.17) is 9.47 Å². The Morgan fingerprint density at radius 3 is 2.61 bits per heavy atom. The van der Waals surface area contributed by atoms with Crippen molar-refractivity contribution in [2.75, 3.05) is 18.5 Å². The van der Waals surface area contributed by atoms with Crippen LogP contribution in [0.25, 0.3) is 10.8 Å². The third kappa shape index (κ3) is 3.89. The standard InChI is InChI=1S/C33H31N3O5/c1-2-40-29-19-24(15-16-28(29)41-20-21-13-14-22-8-3-4-9-23(22)18-21)30-27-12-7-17-35(27)33(31(30)36(38)39)25-10-5-6-11-26(25)34-32(33)37/h3-6,8-11,13-16,18-19,27,30-31H,2,7,12,17,20H2,1H3,(H,34,37)/t27-,30+,31+,33-/m0/s1. The molecule has 41 heavy (non-hydrogen) atoms. The quantitative estimate of drug-likeness (QED) is 0.229. The lowest BCUT2D eigenvalue weighted by atomic mass is 9.77. The van der Waals surface area contributed by atoms with Crippen LogP contribution in [0.15, 0.2) is 84.9 Å². The Labute approximate surface area is 238 Å². The fraction of sp³-hybridized carbons (Fsp3) is 0.303. The van der Waals surface area contributed by atoms with Gasteiger partial charge in [0.15, 0.2) is 17.0 Å². The van der Waals surface area contributed by atoms with Crippen LogP contribution < -0.4 is 14.8 Å². The van der Waals surface area contributed by atoms with Gasteiger partial charge in [-0.05, 0) is 65.9 Å². The van der Waals surface area contributed by atoms with Crippen LogP contribution in [0, 0.1) is 10.1 Å². The van der Waals surface area contributed by atoms with Crippen molar-refractivity contribution in [2.24, 2.45) is 0 Å². The summed E-state index contributed by atoms with van der Waals surface area (Å²) in [6.07, 6.45) is 1.67. The number of carbonyl (C=O) groups is 1. The molecule has 0 saturated carbocycles. The summed E-state index contributed by atoms with van der Waals surface area (Å²) in [6, 6.07) is 26.2. The highest BCUT2D eigenvalue weighted by atomic mass is 16.6. The lowest BCUT2D eigenvalue weighted by Crippen LogP contribution is -2.55. The number of hydrogen-bond donors (Lipinski definition) is 1. The van der Waals surface area contributed by atoms with E-state index in [1.165, 1.54) is 5.39 Å². The number of nitrogens with one attached hydrogen (secondary N) is 1. The molecule has 7 rings (SSSR count). The van der Waals surface area contributed by atoms with Gasteiger partial charge in [0.2, 0.25) is 0 Å². The van der Waals surface area contributed by atoms with E-state index in [1.807, 2.05) is 61.5 Å². The summed E-state index contributed by atoms with van der Waals surface area (Å²) in [5.74, 6) is 0.337. The van der Waals surface area contributed by atoms with E-state index in [0.717, 1.165) is 29.4 Å². The van der Waals surface area contributed by atoms with Crippen LogP contribution in [-0.2, 0) is 16.9 Å². The van der Waals surface area contributed by atoms with E-state index in [0.29, 0.717) is 42.5 Å². The molecule has 0 unspecified atom stereocenters. The Bertz CT molecular complexity index is 1670. The molecule has 0 radical (unpaired) electrons. The van der Waals surface area contributed by atoms with Gasteiger partial charge in [-0.15, -0.1) is 0 Å². The number of anilines is 1. The molecule has 4 aromatic rings. The first-order chi connectivity index (χ1) is 20.0. The van der Waals surface area contributed by atoms with Crippen molar-refractivity contribution in [1.29, 1.82) is 0 Å². The van der Waals surface area contributed by atoms with E-state index < -0.39 is 17.5 Å². The number of nitro groups is 1. The zero-order valence-electron chi connectivity index (χ0n) is 22.8. The van der Waals surface area contributed by atoms with Crippen LogP contribution in [0.1, 0.15) is 42.4 Å². The van der Waals surface area contributed by atoms with Crippen molar-refractivity contribution in [3.8, 4) is 11.5 Å². The lowest BCUT2D eigenvalue weighted by Gasteiger charge is -2.32. The number of rotatable bonds is 7. The molecule has 4 aromatic carbocycles.